The third-order valence-corrected chi connectivity index (χ3v) is 7.81. The molecule has 2 aliphatic heterocycles. The van der Waals surface area contributed by atoms with Crippen LogP contribution in [-0.2, 0) is 19.6 Å². The van der Waals surface area contributed by atoms with Gasteiger partial charge in [-0.15, -0.1) is 0 Å². The molecule has 1 aromatic carbocycles. The molecule has 2 fully saturated rings. The number of nitrogens with one attached hydrogen (secondary N) is 1. The van der Waals surface area contributed by atoms with Crippen molar-refractivity contribution in [2.75, 3.05) is 57.0 Å². The van der Waals surface area contributed by atoms with E-state index in [1.165, 1.54) is 4.31 Å². The molecule has 3 heterocycles. The summed E-state index contributed by atoms with van der Waals surface area (Å²) >= 11 is 0. The fraction of sp³-hybridized carbons (Fsp3) is 0.500. The topological polar surface area (TPSA) is 131 Å². The molecule has 1 aromatic heterocycles. The van der Waals surface area contributed by atoms with E-state index in [-0.39, 0.29) is 16.8 Å². The van der Waals surface area contributed by atoms with E-state index in [1.807, 2.05) is 11.8 Å². The number of benzene rings is 1. The Hall–Kier alpha value is -2.76. The summed E-state index contributed by atoms with van der Waals surface area (Å²) in [7, 11) is -3.63. The van der Waals surface area contributed by atoms with Gasteiger partial charge >= 0.3 is 0 Å². The summed E-state index contributed by atoms with van der Waals surface area (Å²) < 4.78 is 32.9. The van der Waals surface area contributed by atoms with E-state index in [0.717, 1.165) is 24.9 Å². The van der Waals surface area contributed by atoms with Gasteiger partial charge in [-0.2, -0.15) is 9.29 Å². The number of rotatable bonds is 8. The normalized spacial score (nSPS) is 17.5. The van der Waals surface area contributed by atoms with Crippen LogP contribution in [0.15, 0.2) is 29.2 Å². The van der Waals surface area contributed by atoms with Crippen molar-refractivity contribution in [2.24, 2.45) is 0 Å². The average molecular weight is 475 g/mol. The Balaban J connectivity index is 1.50. The van der Waals surface area contributed by atoms with Crippen molar-refractivity contribution >= 4 is 27.7 Å². The number of ether oxygens (including phenoxy) is 1. The first kappa shape index (κ1) is 23.4. The Morgan fingerprint density at radius 2 is 1.94 bits per heavy atom. The number of anilines is 2. The molecule has 0 saturated carbocycles. The van der Waals surface area contributed by atoms with E-state index in [0.29, 0.717) is 62.9 Å². The van der Waals surface area contributed by atoms with Gasteiger partial charge in [-0.25, -0.2) is 13.4 Å². The number of nitrogens with zero attached hydrogens (tertiary/aromatic N) is 4. The lowest BCUT2D eigenvalue weighted by atomic mass is 10.1. The molecule has 10 nitrogen and oxygen atoms in total. The number of amides is 1. The molecular weight excluding hydrogens is 444 g/mol. The van der Waals surface area contributed by atoms with Crippen LogP contribution in [0, 0.1) is 6.92 Å². The van der Waals surface area contributed by atoms with Gasteiger partial charge in [0.1, 0.15) is 5.82 Å². The monoisotopic (exact) mass is 474 g/mol. The number of morpholine rings is 1. The van der Waals surface area contributed by atoms with Crippen molar-refractivity contribution in [1.29, 1.82) is 0 Å². The quantitative estimate of drug-likeness (QED) is 0.550. The number of carbonyl (C=O) groups is 1. The maximum absolute atomic E-state index is 13.1. The van der Waals surface area contributed by atoms with Gasteiger partial charge in [-0.05, 0) is 37.5 Å². The van der Waals surface area contributed by atoms with Crippen molar-refractivity contribution in [3.8, 4) is 11.3 Å². The van der Waals surface area contributed by atoms with Crippen LogP contribution in [0.4, 0.5) is 11.8 Å². The molecule has 178 valence electrons. The Kier molecular flexibility index (Phi) is 7.11. The van der Waals surface area contributed by atoms with Crippen molar-refractivity contribution in [2.45, 2.75) is 31.1 Å². The van der Waals surface area contributed by atoms with Crippen LogP contribution in [0.25, 0.3) is 11.3 Å². The Morgan fingerprint density at radius 1 is 1.15 bits per heavy atom. The summed E-state index contributed by atoms with van der Waals surface area (Å²) in [5.41, 5.74) is 8.07. The molecule has 0 radical (unpaired) electrons. The molecule has 33 heavy (non-hydrogen) atoms. The standard InChI is InChI=1S/C22H30N6O4S/c1-16-5-6-17(33(30,31)28-10-12-32-13-11-28)14-18(16)19-15-20(26-22(23)25-19)24-7-3-9-27-8-2-4-21(27)29/h5-6,14-15H,2-4,7-13H2,1H3,(H3,23,24,25,26). The number of aromatic nitrogens is 2. The van der Waals surface area contributed by atoms with E-state index >= 15 is 0 Å². The van der Waals surface area contributed by atoms with Gasteiger partial charge in [-0.3, -0.25) is 4.79 Å². The highest BCUT2D eigenvalue weighted by atomic mass is 32.2. The first-order valence-corrected chi connectivity index (χ1v) is 12.6. The predicted molar refractivity (Wildman–Crippen MR) is 125 cm³/mol. The molecular formula is C22H30N6O4S. The largest absolute Gasteiger partial charge is 0.379 e. The summed E-state index contributed by atoms with van der Waals surface area (Å²) in [5.74, 6) is 0.877. The van der Waals surface area contributed by atoms with E-state index in [2.05, 4.69) is 15.3 Å². The molecule has 0 aliphatic carbocycles. The highest BCUT2D eigenvalue weighted by Gasteiger charge is 2.27. The predicted octanol–water partition coefficient (Wildman–Crippen LogP) is 1.48. The number of carbonyl (C=O) groups excluding carboxylic acids is 1. The highest BCUT2D eigenvalue weighted by molar-refractivity contribution is 7.89. The molecule has 0 spiro atoms. The van der Waals surface area contributed by atoms with Crippen LogP contribution in [-0.4, -0.2) is 79.4 Å². The zero-order chi connectivity index (χ0) is 23.4. The lowest BCUT2D eigenvalue weighted by Crippen LogP contribution is -2.40. The number of hydrogen-bond donors (Lipinski definition) is 2. The first-order valence-electron chi connectivity index (χ1n) is 11.2. The fourth-order valence-electron chi connectivity index (χ4n) is 4.09. The lowest BCUT2D eigenvalue weighted by molar-refractivity contribution is -0.127. The third-order valence-electron chi connectivity index (χ3n) is 5.92. The Morgan fingerprint density at radius 3 is 2.67 bits per heavy atom. The van der Waals surface area contributed by atoms with Gasteiger partial charge in [-0.1, -0.05) is 6.07 Å². The minimum absolute atomic E-state index is 0.102. The molecule has 2 saturated heterocycles. The summed E-state index contributed by atoms with van der Waals surface area (Å²) in [6, 6.07) is 6.81. The zero-order valence-electron chi connectivity index (χ0n) is 18.8. The third kappa shape index (κ3) is 5.43. The van der Waals surface area contributed by atoms with Crippen LogP contribution in [0.5, 0.6) is 0 Å². The van der Waals surface area contributed by atoms with Crippen LogP contribution in [0.1, 0.15) is 24.8 Å². The lowest BCUT2D eigenvalue weighted by Gasteiger charge is -2.26. The minimum Gasteiger partial charge on any atom is -0.379 e. The number of likely N-dealkylation sites (tertiary alicyclic amines) is 1. The maximum atomic E-state index is 13.1. The second kappa shape index (κ2) is 10.0. The van der Waals surface area contributed by atoms with Crippen LogP contribution >= 0.6 is 0 Å². The van der Waals surface area contributed by atoms with Crippen LogP contribution in [0.3, 0.4) is 0 Å². The minimum atomic E-state index is -3.63. The highest BCUT2D eigenvalue weighted by Crippen LogP contribution is 2.28. The molecule has 2 aliphatic rings. The Bertz CT molecular complexity index is 1120. The molecule has 3 N–H and O–H groups in total. The molecule has 11 heteroatoms. The zero-order valence-corrected chi connectivity index (χ0v) is 19.6. The molecule has 0 bridgehead atoms. The smallest absolute Gasteiger partial charge is 0.243 e. The maximum Gasteiger partial charge on any atom is 0.243 e. The summed E-state index contributed by atoms with van der Waals surface area (Å²) in [4.78, 5) is 22.4. The molecule has 2 aromatic rings. The first-order chi connectivity index (χ1) is 15.8. The number of aryl methyl sites for hydroxylation is 1. The van der Waals surface area contributed by atoms with Gasteiger partial charge in [0, 0.05) is 50.8 Å². The SMILES string of the molecule is Cc1ccc(S(=O)(=O)N2CCOCC2)cc1-c1cc(NCCCN2CCCC2=O)nc(N)n1. The molecule has 4 rings (SSSR count). The van der Waals surface area contributed by atoms with E-state index in [1.54, 1.807) is 24.3 Å². The van der Waals surface area contributed by atoms with Gasteiger partial charge in [0.15, 0.2) is 0 Å². The van der Waals surface area contributed by atoms with Gasteiger partial charge in [0.2, 0.25) is 21.9 Å². The van der Waals surface area contributed by atoms with E-state index in [4.69, 9.17) is 10.5 Å². The second-order valence-corrected chi connectivity index (χ2v) is 10.2. The number of sulfonamides is 1. The van der Waals surface area contributed by atoms with Gasteiger partial charge in [0.05, 0.1) is 23.8 Å². The number of nitrogen functional groups attached to an aromatic ring is 1. The van der Waals surface area contributed by atoms with Crippen LogP contribution < -0.4 is 11.1 Å². The van der Waals surface area contributed by atoms with Crippen molar-refractivity contribution in [3.63, 3.8) is 0 Å². The molecule has 1 amide bonds. The van der Waals surface area contributed by atoms with E-state index in [9.17, 15) is 13.2 Å². The average Bonchev–Trinajstić information content (AvgIpc) is 3.21. The fourth-order valence-corrected chi connectivity index (χ4v) is 5.53. The molecule has 0 atom stereocenters. The van der Waals surface area contributed by atoms with Crippen LogP contribution in [0.2, 0.25) is 0 Å². The second-order valence-electron chi connectivity index (χ2n) is 8.25. The van der Waals surface area contributed by atoms with Gasteiger partial charge < -0.3 is 20.7 Å². The van der Waals surface area contributed by atoms with Crippen molar-refractivity contribution < 1.29 is 17.9 Å². The summed E-state index contributed by atoms with van der Waals surface area (Å²) in [5, 5.41) is 3.24. The number of hydrogen-bond acceptors (Lipinski definition) is 8. The number of nitrogens with two attached hydrogens (primary N) is 1. The summed E-state index contributed by atoms with van der Waals surface area (Å²) in [6.07, 6.45) is 2.36. The van der Waals surface area contributed by atoms with E-state index < -0.39 is 10.0 Å². The van der Waals surface area contributed by atoms with Crippen molar-refractivity contribution in [3.05, 3.63) is 29.8 Å². The van der Waals surface area contributed by atoms with Gasteiger partial charge in [0.25, 0.3) is 0 Å². The molecule has 0 unspecified atom stereocenters. The van der Waals surface area contributed by atoms with Crippen molar-refractivity contribution in [1.82, 2.24) is 19.2 Å². The summed E-state index contributed by atoms with van der Waals surface area (Å²) in [6.45, 7) is 5.52. The Labute approximate surface area is 194 Å².